The highest BCUT2D eigenvalue weighted by Gasteiger charge is 2.28. The van der Waals surface area contributed by atoms with E-state index in [-0.39, 0.29) is 10.4 Å². The van der Waals surface area contributed by atoms with E-state index in [1.807, 2.05) is 26.2 Å². The van der Waals surface area contributed by atoms with Gasteiger partial charge in [-0.05, 0) is 34.6 Å². The van der Waals surface area contributed by atoms with Crippen molar-refractivity contribution in [1.29, 1.82) is 0 Å². The molecule has 2 heterocycles. The van der Waals surface area contributed by atoms with Gasteiger partial charge in [0.25, 0.3) is 0 Å². The van der Waals surface area contributed by atoms with Gasteiger partial charge in [0.05, 0.1) is 28.1 Å². The SMILES string of the molecule is Cc1nn(C(C)(C)C)c(C)c1S(=O)(=O)NCCc1cscn1. The third-order valence-electron chi connectivity index (χ3n) is 3.29. The standard InChI is InChI=1S/C14H22N4O2S2/c1-10-13(11(2)18(17-10)14(3,4)5)22(19,20)16-7-6-12-8-21-9-15-12/h8-9,16H,6-7H2,1-5H3. The van der Waals surface area contributed by atoms with Crippen LogP contribution in [-0.2, 0) is 22.0 Å². The molecule has 0 aliphatic rings. The van der Waals surface area contributed by atoms with Crippen molar-refractivity contribution in [1.82, 2.24) is 19.5 Å². The van der Waals surface area contributed by atoms with E-state index in [1.54, 1.807) is 24.0 Å². The third kappa shape index (κ3) is 3.56. The Morgan fingerprint density at radius 1 is 1.32 bits per heavy atom. The molecule has 0 bridgehead atoms. The number of nitrogens with one attached hydrogen (secondary N) is 1. The fraction of sp³-hybridized carbons (Fsp3) is 0.571. The Kier molecular flexibility index (Phi) is 4.74. The number of thiazole rings is 1. The van der Waals surface area contributed by atoms with Crippen LogP contribution in [0.4, 0.5) is 0 Å². The Balaban J connectivity index is 2.21. The van der Waals surface area contributed by atoms with Crippen LogP contribution in [0.25, 0.3) is 0 Å². The van der Waals surface area contributed by atoms with Crippen molar-refractivity contribution in [3.63, 3.8) is 0 Å². The molecule has 0 aliphatic carbocycles. The van der Waals surface area contributed by atoms with Crippen LogP contribution in [0.15, 0.2) is 15.8 Å². The normalized spacial score (nSPS) is 12.8. The molecule has 2 rings (SSSR count). The molecule has 0 atom stereocenters. The van der Waals surface area contributed by atoms with Crippen molar-refractivity contribution in [3.05, 3.63) is 28.0 Å². The van der Waals surface area contributed by atoms with Crippen LogP contribution in [0.1, 0.15) is 37.9 Å². The molecule has 0 saturated carbocycles. The molecule has 2 aromatic rings. The van der Waals surface area contributed by atoms with Crippen molar-refractivity contribution in [2.75, 3.05) is 6.54 Å². The summed E-state index contributed by atoms with van der Waals surface area (Å²) in [6.45, 7) is 9.84. The molecule has 0 amide bonds. The second-order valence-electron chi connectivity index (χ2n) is 6.21. The first kappa shape index (κ1) is 17.1. The van der Waals surface area contributed by atoms with Gasteiger partial charge in [0.15, 0.2) is 0 Å². The maximum Gasteiger partial charge on any atom is 0.244 e. The lowest BCUT2D eigenvalue weighted by Crippen LogP contribution is -2.28. The maximum atomic E-state index is 12.6. The monoisotopic (exact) mass is 342 g/mol. The summed E-state index contributed by atoms with van der Waals surface area (Å²) in [4.78, 5) is 4.43. The molecule has 22 heavy (non-hydrogen) atoms. The lowest BCUT2D eigenvalue weighted by atomic mass is 10.1. The van der Waals surface area contributed by atoms with Crippen LogP contribution >= 0.6 is 11.3 Å². The summed E-state index contributed by atoms with van der Waals surface area (Å²) in [7, 11) is -3.57. The summed E-state index contributed by atoms with van der Waals surface area (Å²) in [6.07, 6.45) is 0.578. The maximum absolute atomic E-state index is 12.6. The molecule has 0 fully saturated rings. The average Bonchev–Trinajstić information content (AvgIpc) is 2.96. The Hall–Kier alpha value is -1.25. The molecule has 122 valence electrons. The molecule has 0 aliphatic heterocycles. The Labute approximate surface area is 135 Å². The summed E-state index contributed by atoms with van der Waals surface area (Å²) in [5.41, 5.74) is 3.56. The zero-order chi connectivity index (χ0) is 16.5. The lowest BCUT2D eigenvalue weighted by Gasteiger charge is -2.21. The number of hydrogen-bond donors (Lipinski definition) is 1. The largest absolute Gasteiger partial charge is 0.263 e. The molecule has 0 saturated heterocycles. The van der Waals surface area contributed by atoms with Crippen LogP contribution in [0.2, 0.25) is 0 Å². The smallest absolute Gasteiger partial charge is 0.244 e. The van der Waals surface area contributed by atoms with E-state index in [4.69, 9.17) is 0 Å². The van der Waals surface area contributed by atoms with Gasteiger partial charge in [-0.3, -0.25) is 4.68 Å². The minimum Gasteiger partial charge on any atom is -0.263 e. The van der Waals surface area contributed by atoms with Gasteiger partial charge in [0, 0.05) is 18.3 Å². The highest BCUT2D eigenvalue weighted by Crippen LogP contribution is 2.24. The molecular formula is C14H22N4O2S2. The number of sulfonamides is 1. The van der Waals surface area contributed by atoms with E-state index in [2.05, 4.69) is 14.8 Å². The summed E-state index contributed by atoms with van der Waals surface area (Å²) in [6, 6.07) is 0. The van der Waals surface area contributed by atoms with Gasteiger partial charge in [0.2, 0.25) is 10.0 Å². The summed E-state index contributed by atoms with van der Waals surface area (Å²) < 4.78 is 29.5. The fourth-order valence-corrected chi connectivity index (χ4v) is 4.43. The zero-order valence-electron chi connectivity index (χ0n) is 13.5. The minimum absolute atomic E-state index is 0.261. The Morgan fingerprint density at radius 2 is 2.00 bits per heavy atom. The predicted octanol–water partition coefficient (Wildman–Crippen LogP) is 2.23. The predicted molar refractivity (Wildman–Crippen MR) is 87.7 cm³/mol. The summed E-state index contributed by atoms with van der Waals surface area (Å²) in [5, 5.41) is 6.31. The van der Waals surface area contributed by atoms with Crippen LogP contribution in [-0.4, -0.2) is 29.7 Å². The second kappa shape index (κ2) is 6.10. The van der Waals surface area contributed by atoms with E-state index < -0.39 is 10.0 Å². The quantitative estimate of drug-likeness (QED) is 0.904. The molecule has 0 aromatic carbocycles. The van der Waals surface area contributed by atoms with Crippen LogP contribution in [0, 0.1) is 13.8 Å². The Morgan fingerprint density at radius 3 is 2.50 bits per heavy atom. The average molecular weight is 342 g/mol. The van der Waals surface area contributed by atoms with Gasteiger partial charge in [-0.1, -0.05) is 0 Å². The molecule has 0 unspecified atom stereocenters. The van der Waals surface area contributed by atoms with Gasteiger partial charge in [-0.15, -0.1) is 11.3 Å². The number of nitrogens with zero attached hydrogens (tertiary/aromatic N) is 3. The van der Waals surface area contributed by atoms with Crippen molar-refractivity contribution < 1.29 is 8.42 Å². The van der Waals surface area contributed by atoms with Gasteiger partial charge < -0.3 is 0 Å². The van der Waals surface area contributed by atoms with Gasteiger partial charge in [-0.2, -0.15) is 5.10 Å². The molecule has 0 spiro atoms. The van der Waals surface area contributed by atoms with E-state index >= 15 is 0 Å². The molecule has 0 radical (unpaired) electrons. The first-order valence-electron chi connectivity index (χ1n) is 7.06. The number of aryl methyl sites for hydroxylation is 1. The Bertz CT molecular complexity index is 741. The fourth-order valence-electron chi connectivity index (χ4n) is 2.42. The van der Waals surface area contributed by atoms with Crippen LogP contribution < -0.4 is 4.72 Å². The van der Waals surface area contributed by atoms with E-state index in [1.165, 1.54) is 11.3 Å². The first-order chi connectivity index (χ1) is 10.1. The summed E-state index contributed by atoms with van der Waals surface area (Å²) >= 11 is 1.50. The topological polar surface area (TPSA) is 76.9 Å². The zero-order valence-corrected chi connectivity index (χ0v) is 15.2. The van der Waals surface area contributed by atoms with Crippen LogP contribution in [0.3, 0.4) is 0 Å². The lowest BCUT2D eigenvalue weighted by molar-refractivity contribution is 0.345. The molecule has 2 aromatic heterocycles. The molecule has 1 N–H and O–H groups in total. The minimum atomic E-state index is -3.57. The van der Waals surface area contributed by atoms with Gasteiger partial charge in [-0.25, -0.2) is 18.1 Å². The number of hydrogen-bond acceptors (Lipinski definition) is 5. The van der Waals surface area contributed by atoms with Gasteiger partial charge in [0.1, 0.15) is 4.90 Å². The molecule has 8 heteroatoms. The van der Waals surface area contributed by atoms with Crippen molar-refractivity contribution in [2.24, 2.45) is 0 Å². The highest BCUT2D eigenvalue weighted by atomic mass is 32.2. The molecular weight excluding hydrogens is 320 g/mol. The highest BCUT2D eigenvalue weighted by molar-refractivity contribution is 7.89. The van der Waals surface area contributed by atoms with Gasteiger partial charge >= 0.3 is 0 Å². The number of rotatable bonds is 5. The van der Waals surface area contributed by atoms with E-state index in [0.29, 0.717) is 24.4 Å². The van der Waals surface area contributed by atoms with Crippen molar-refractivity contribution >= 4 is 21.4 Å². The summed E-state index contributed by atoms with van der Waals surface area (Å²) in [5.74, 6) is 0. The first-order valence-corrected chi connectivity index (χ1v) is 9.49. The molecule has 6 nitrogen and oxygen atoms in total. The van der Waals surface area contributed by atoms with Crippen molar-refractivity contribution in [2.45, 2.75) is 51.5 Å². The van der Waals surface area contributed by atoms with Crippen LogP contribution in [0.5, 0.6) is 0 Å². The second-order valence-corrected chi connectivity index (χ2v) is 8.63. The van der Waals surface area contributed by atoms with E-state index in [0.717, 1.165) is 5.69 Å². The number of aromatic nitrogens is 3. The third-order valence-corrected chi connectivity index (χ3v) is 5.63. The van der Waals surface area contributed by atoms with Crippen molar-refractivity contribution in [3.8, 4) is 0 Å². The van der Waals surface area contributed by atoms with E-state index in [9.17, 15) is 8.42 Å².